The molecule has 0 heterocycles. The van der Waals surface area contributed by atoms with Crippen LogP contribution in [0.3, 0.4) is 0 Å². The lowest BCUT2D eigenvalue weighted by molar-refractivity contribution is 0.586. The van der Waals surface area contributed by atoms with Crippen molar-refractivity contribution >= 4 is 83.9 Å². The molecular formula is C64H51N2P3. The van der Waals surface area contributed by atoms with E-state index in [4.69, 9.17) is 9.98 Å². The van der Waals surface area contributed by atoms with Gasteiger partial charge >= 0.3 is 0 Å². The van der Waals surface area contributed by atoms with Crippen LogP contribution in [0.5, 0.6) is 0 Å². The van der Waals surface area contributed by atoms with Crippen molar-refractivity contribution in [3.63, 3.8) is 0 Å². The first-order valence-electron chi connectivity index (χ1n) is 23.4. The van der Waals surface area contributed by atoms with Gasteiger partial charge < -0.3 is 0 Å². The molecule has 10 aromatic carbocycles. The van der Waals surface area contributed by atoms with Crippen molar-refractivity contribution in [3.8, 4) is 0 Å². The van der Waals surface area contributed by atoms with Gasteiger partial charge in [0.25, 0.3) is 0 Å². The summed E-state index contributed by atoms with van der Waals surface area (Å²) in [5.41, 5.74) is 4.47. The molecule has 2 atom stereocenters. The highest BCUT2D eigenvalue weighted by Crippen LogP contribution is 2.42. The average molecular weight is 941 g/mol. The molecule has 0 aliphatic carbocycles. The Bertz CT molecular complexity index is 3110. The maximum absolute atomic E-state index is 5.85. The van der Waals surface area contributed by atoms with Gasteiger partial charge in [0.15, 0.2) is 0 Å². The normalized spacial score (nSPS) is 12.5. The average Bonchev–Trinajstić information content (AvgIpc) is 3.43. The van der Waals surface area contributed by atoms with Crippen molar-refractivity contribution in [1.82, 2.24) is 0 Å². The molecule has 69 heavy (non-hydrogen) atoms. The van der Waals surface area contributed by atoms with Crippen LogP contribution in [0, 0.1) is 0 Å². The predicted octanol–water partition coefficient (Wildman–Crippen LogP) is 12.0. The summed E-state index contributed by atoms with van der Waals surface area (Å²) < 4.78 is 0. The maximum atomic E-state index is 5.85. The lowest BCUT2D eigenvalue weighted by Crippen LogP contribution is -2.26. The summed E-state index contributed by atoms with van der Waals surface area (Å²) in [7, 11) is -2.74. The molecule has 332 valence electrons. The third-order valence-electron chi connectivity index (χ3n) is 12.1. The molecule has 2 nitrogen and oxygen atoms in total. The second-order valence-corrected chi connectivity index (χ2v) is 23.1. The molecule has 0 N–H and O–H groups in total. The van der Waals surface area contributed by atoms with Crippen molar-refractivity contribution < 1.29 is 0 Å². The first-order chi connectivity index (χ1) is 34.3. The Balaban J connectivity index is 1.17. The van der Waals surface area contributed by atoms with Gasteiger partial charge in [-0.2, -0.15) is 0 Å². The Morgan fingerprint density at radius 2 is 0.507 bits per heavy atom. The fraction of sp³-hybridized carbons (Fsp3) is 0.0312. The first-order valence-corrected chi connectivity index (χ1v) is 27.4. The van der Waals surface area contributed by atoms with Crippen LogP contribution < -0.4 is 47.7 Å². The van der Waals surface area contributed by atoms with Crippen molar-refractivity contribution in [2.45, 2.75) is 12.1 Å². The molecule has 0 aliphatic heterocycles. The highest BCUT2D eigenvalue weighted by atomic mass is 31.1. The van der Waals surface area contributed by atoms with Gasteiger partial charge in [-0.25, -0.2) is 0 Å². The van der Waals surface area contributed by atoms with Crippen LogP contribution in [0.2, 0.25) is 0 Å². The molecule has 0 radical (unpaired) electrons. The number of aliphatic imine (C=N–C) groups is 2. The third-order valence-corrected chi connectivity index (χ3v) is 19.7. The minimum atomic E-state index is -0.973. The number of rotatable bonds is 16. The van der Waals surface area contributed by atoms with Gasteiger partial charge in [0.05, 0.1) is 0 Å². The summed E-state index contributed by atoms with van der Waals surface area (Å²) in [5.74, 6) is 0. The largest absolute Gasteiger partial charge is 0.282 e. The Morgan fingerprint density at radius 1 is 0.246 bits per heavy atom. The topological polar surface area (TPSA) is 24.7 Å². The number of hydrogen-bond donors (Lipinski definition) is 0. The summed E-state index contributed by atoms with van der Waals surface area (Å²) in [6.45, 7) is 0. The summed E-state index contributed by atoms with van der Waals surface area (Å²) in [6.07, 6.45) is 4.28. The molecule has 10 rings (SSSR count). The quantitative estimate of drug-likeness (QED) is 0.0681. The van der Waals surface area contributed by atoms with E-state index in [1.807, 2.05) is 0 Å². The fourth-order valence-corrected chi connectivity index (χ4v) is 16.3. The molecule has 10 aromatic rings. The maximum Gasteiger partial charge on any atom is 0.102 e. The van der Waals surface area contributed by atoms with Gasteiger partial charge in [-0.3, -0.25) is 9.98 Å². The van der Waals surface area contributed by atoms with Crippen LogP contribution in [-0.2, 0) is 0 Å². The van der Waals surface area contributed by atoms with Crippen molar-refractivity contribution in [2.75, 3.05) is 0 Å². The lowest BCUT2D eigenvalue weighted by atomic mass is 9.94. The van der Waals surface area contributed by atoms with Crippen molar-refractivity contribution in [2.24, 2.45) is 9.98 Å². The molecule has 0 aromatic heterocycles. The Morgan fingerprint density at radius 3 is 0.870 bits per heavy atom. The molecule has 0 saturated carbocycles. The number of nitrogens with zero attached hydrogens (tertiary/aromatic N) is 2. The van der Waals surface area contributed by atoms with E-state index in [2.05, 4.69) is 298 Å². The molecule has 1 unspecified atom stereocenters. The lowest BCUT2D eigenvalue weighted by Gasteiger charge is -2.28. The van der Waals surface area contributed by atoms with E-state index in [0.29, 0.717) is 0 Å². The monoisotopic (exact) mass is 940 g/mol. The standard InChI is InChI=1S/C64H51N2P3/c1-8-28-50(29-9-1)63(65-48-51-30-22-25-45-60(51)67(53-32-10-2-11-33-53)54-34-12-3-13-35-54)64(59-44-24-27-47-62(59)69(57-40-18-6-19-41-57)58-42-20-7-21-43-58)66-49-52-31-23-26-46-61(52)68(55-36-14-4-15-37-55)56-38-16-5-17-39-56/h1-49,63-64H/t63-,64?/m1/s1. The summed E-state index contributed by atoms with van der Waals surface area (Å²) in [6, 6.07) is 102. The summed E-state index contributed by atoms with van der Waals surface area (Å²) in [4.78, 5) is 11.6. The highest BCUT2D eigenvalue weighted by molar-refractivity contribution is 7.80. The number of hydrogen-bond acceptors (Lipinski definition) is 2. The van der Waals surface area contributed by atoms with Crippen molar-refractivity contribution in [3.05, 3.63) is 307 Å². The zero-order valence-electron chi connectivity index (χ0n) is 38.2. The Kier molecular flexibility index (Phi) is 15.0. The molecule has 0 bridgehead atoms. The molecule has 5 heteroatoms. The van der Waals surface area contributed by atoms with Gasteiger partial charge in [0, 0.05) is 23.6 Å². The van der Waals surface area contributed by atoms with Crippen molar-refractivity contribution in [1.29, 1.82) is 0 Å². The van der Waals surface area contributed by atoms with E-state index < -0.39 is 29.8 Å². The van der Waals surface area contributed by atoms with E-state index in [0.717, 1.165) is 22.3 Å². The van der Waals surface area contributed by atoms with E-state index in [1.54, 1.807) is 0 Å². The summed E-state index contributed by atoms with van der Waals surface area (Å²) in [5, 5.41) is 11.6. The van der Waals surface area contributed by atoms with E-state index in [9.17, 15) is 0 Å². The zero-order chi connectivity index (χ0) is 46.5. The van der Waals surface area contributed by atoms with Gasteiger partial charge in [0.2, 0.25) is 0 Å². The van der Waals surface area contributed by atoms with Gasteiger partial charge in [-0.05, 0) is 82.6 Å². The molecule has 0 spiro atoms. The number of benzene rings is 10. The summed E-state index contributed by atoms with van der Waals surface area (Å²) >= 11 is 0. The molecule has 0 aliphatic rings. The smallest absolute Gasteiger partial charge is 0.102 e. The van der Waals surface area contributed by atoms with E-state index >= 15 is 0 Å². The molecule has 0 amide bonds. The second kappa shape index (κ2) is 22.8. The van der Waals surface area contributed by atoms with Gasteiger partial charge in [0.1, 0.15) is 12.1 Å². The minimum absolute atomic E-state index is 0.378. The van der Waals surface area contributed by atoms with Crippen LogP contribution in [0.1, 0.15) is 34.3 Å². The van der Waals surface area contributed by atoms with Crippen LogP contribution in [0.25, 0.3) is 0 Å². The first kappa shape index (κ1) is 45.6. The minimum Gasteiger partial charge on any atom is -0.282 e. The van der Waals surface area contributed by atoms with Gasteiger partial charge in [-0.1, -0.05) is 285 Å². The molecule has 0 saturated heterocycles. The highest BCUT2D eigenvalue weighted by Gasteiger charge is 2.30. The van der Waals surface area contributed by atoms with Gasteiger partial charge in [-0.15, -0.1) is 0 Å². The Hall–Kier alpha value is -7.17. The van der Waals surface area contributed by atoms with Crippen LogP contribution in [-0.4, -0.2) is 12.4 Å². The predicted molar refractivity (Wildman–Crippen MR) is 303 cm³/mol. The molecular weight excluding hydrogens is 890 g/mol. The van der Waals surface area contributed by atoms with Crippen LogP contribution in [0.4, 0.5) is 0 Å². The van der Waals surface area contributed by atoms with E-state index in [-0.39, 0.29) is 6.04 Å². The third kappa shape index (κ3) is 10.8. The molecule has 0 fully saturated rings. The Labute approximate surface area is 411 Å². The zero-order valence-corrected chi connectivity index (χ0v) is 40.9. The fourth-order valence-electron chi connectivity index (χ4n) is 8.94. The van der Waals surface area contributed by atoms with E-state index in [1.165, 1.54) is 47.7 Å². The SMILES string of the molecule is C(=NC(c1ccccc1P(c1ccccc1)c1ccccc1)[C@H](N=Cc1ccccc1P(c1ccccc1)c1ccccc1)c1ccccc1)c1ccccc1P(c1ccccc1)c1ccccc1. The van der Waals surface area contributed by atoms with Crippen LogP contribution in [0.15, 0.2) is 295 Å². The van der Waals surface area contributed by atoms with Crippen LogP contribution >= 0.6 is 23.8 Å². The second-order valence-electron chi connectivity index (χ2n) is 16.6.